The monoisotopic (exact) mass is 352 g/mol. The average molecular weight is 352 g/mol. The van der Waals surface area contributed by atoms with Crippen LogP contribution >= 0.6 is 0 Å². The number of hydrogen-bond donors (Lipinski definition) is 1. The summed E-state index contributed by atoms with van der Waals surface area (Å²) in [5.41, 5.74) is -4.10. The van der Waals surface area contributed by atoms with Gasteiger partial charge in [0.2, 0.25) is 0 Å². The Kier molecular flexibility index (Phi) is 6.89. The predicted octanol–water partition coefficient (Wildman–Crippen LogP) is 2.69. The average Bonchev–Trinajstić information content (AvgIpc) is 2.84. The number of rotatable bonds is 4. The van der Waals surface area contributed by atoms with Crippen LogP contribution in [0.4, 0.5) is 13.2 Å². The molecule has 1 heterocycles. The summed E-state index contributed by atoms with van der Waals surface area (Å²) in [4.78, 5) is 4.55. The lowest BCUT2D eigenvalue weighted by molar-refractivity contribution is -0.0510. The number of alkyl halides is 3. The van der Waals surface area contributed by atoms with Crippen molar-refractivity contribution in [2.45, 2.75) is 18.3 Å². The van der Waals surface area contributed by atoms with E-state index in [4.69, 9.17) is 13.0 Å². The summed E-state index contributed by atoms with van der Waals surface area (Å²) in [5.74, 6) is 0. The summed E-state index contributed by atoms with van der Waals surface area (Å²) in [5, 5.41) is 0. The first-order chi connectivity index (χ1) is 10.6. The van der Waals surface area contributed by atoms with Gasteiger partial charge in [-0.25, -0.2) is 0 Å². The van der Waals surface area contributed by atoms with Crippen molar-refractivity contribution in [3.63, 3.8) is 0 Å². The molecular formula is C14H19F3N2O3S. The molecule has 0 amide bonds. The van der Waals surface area contributed by atoms with E-state index >= 15 is 0 Å². The maximum Gasteiger partial charge on any atom is 0.522 e. The van der Waals surface area contributed by atoms with E-state index in [0.29, 0.717) is 0 Å². The number of benzene rings is 1. The van der Waals surface area contributed by atoms with E-state index in [2.05, 4.69) is 59.6 Å². The topological polar surface area (TPSA) is 60.9 Å². The molecule has 0 aliphatic carbocycles. The lowest BCUT2D eigenvalue weighted by Gasteiger charge is -2.17. The maximum atomic E-state index is 10.7. The van der Waals surface area contributed by atoms with Crippen molar-refractivity contribution in [3.8, 4) is 0 Å². The minimum absolute atomic E-state index is 1.04. The van der Waals surface area contributed by atoms with E-state index in [1.165, 1.54) is 18.4 Å². The van der Waals surface area contributed by atoms with Gasteiger partial charge in [0.1, 0.15) is 0 Å². The van der Waals surface area contributed by atoms with Crippen molar-refractivity contribution in [3.05, 3.63) is 48.3 Å². The van der Waals surface area contributed by atoms with Crippen LogP contribution in [0, 0.1) is 0 Å². The van der Waals surface area contributed by atoms with E-state index < -0.39 is 15.6 Å². The lowest BCUT2D eigenvalue weighted by Crippen LogP contribution is -2.23. The Labute approximate surface area is 133 Å². The summed E-state index contributed by atoms with van der Waals surface area (Å²) in [6, 6.07) is 10.7. The Morgan fingerprint density at radius 2 is 1.74 bits per heavy atom. The molecule has 0 bridgehead atoms. The highest BCUT2D eigenvalue weighted by Gasteiger charge is 2.44. The number of aryl methyl sites for hydroxylation is 1. The Morgan fingerprint density at radius 3 is 2.17 bits per heavy atom. The zero-order valence-electron chi connectivity index (χ0n) is 12.6. The molecule has 2 rings (SSSR count). The van der Waals surface area contributed by atoms with E-state index in [1.807, 2.05) is 0 Å². The summed E-state index contributed by atoms with van der Waals surface area (Å²) in [7, 11) is -3.74. The number of nitrogens with zero attached hydrogens (tertiary/aromatic N) is 2. The first-order valence-corrected chi connectivity index (χ1v) is 8.24. The van der Waals surface area contributed by atoms with Gasteiger partial charge in [-0.05, 0) is 18.4 Å². The molecule has 0 saturated heterocycles. The quantitative estimate of drug-likeness (QED) is 0.667. The molecule has 9 heteroatoms. The van der Waals surface area contributed by atoms with Crippen molar-refractivity contribution >= 4 is 10.1 Å². The molecule has 5 nitrogen and oxygen atoms in total. The fourth-order valence-corrected chi connectivity index (χ4v) is 1.87. The van der Waals surface area contributed by atoms with E-state index in [-0.39, 0.29) is 0 Å². The van der Waals surface area contributed by atoms with Crippen molar-refractivity contribution < 1.29 is 26.1 Å². The van der Waals surface area contributed by atoms with Crippen LogP contribution in [0.1, 0.15) is 12.0 Å². The Bertz CT molecular complexity index is 603. The van der Waals surface area contributed by atoms with Gasteiger partial charge in [0.05, 0.1) is 6.67 Å². The summed E-state index contributed by atoms with van der Waals surface area (Å²) in [6.45, 7) is 2.19. The van der Waals surface area contributed by atoms with Gasteiger partial charge in [-0.2, -0.15) is 21.6 Å². The highest BCUT2D eigenvalue weighted by Crippen LogP contribution is 2.20. The van der Waals surface area contributed by atoms with Gasteiger partial charge in [0.25, 0.3) is 0 Å². The molecule has 0 unspecified atom stereocenters. The van der Waals surface area contributed by atoms with Crippen LogP contribution in [0.5, 0.6) is 0 Å². The van der Waals surface area contributed by atoms with E-state index in [1.54, 1.807) is 0 Å². The van der Waals surface area contributed by atoms with Gasteiger partial charge in [0, 0.05) is 26.0 Å². The molecule has 1 aromatic rings. The second-order valence-electron chi connectivity index (χ2n) is 5.02. The molecule has 0 spiro atoms. The Hall–Kier alpha value is -1.74. The first-order valence-electron chi connectivity index (χ1n) is 6.80. The second kappa shape index (κ2) is 8.21. The lowest BCUT2D eigenvalue weighted by atomic mass is 10.1. The molecule has 0 fully saturated rings. The molecule has 1 aliphatic heterocycles. The highest BCUT2D eigenvalue weighted by atomic mass is 32.2. The Balaban J connectivity index is 0.000000284. The fourth-order valence-electron chi connectivity index (χ4n) is 1.87. The third-order valence-corrected chi connectivity index (χ3v) is 3.57. The zero-order chi connectivity index (χ0) is 17.5. The molecule has 23 heavy (non-hydrogen) atoms. The predicted molar refractivity (Wildman–Crippen MR) is 80.8 cm³/mol. The van der Waals surface area contributed by atoms with E-state index in [0.717, 1.165) is 13.2 Å². The van der Waals surface area contributed by atoms with Gasteiger partial charge >= 0.3 is 15.6 Å². The third-order valence-electron chi connectivity index (χ3n) is 2.98. The Morgan fingerprint density at radius 1 is 1.17 bits per heavy atom. The molecule has 1 aromatic carbocycles. The largest absolute Gasteiger partial charge is 0.522 e. The molecule has 130 valence electrons. The molecule has 0 aromatic heterocycles. The highest BCUT2D eigenvalue weighted by molar-refractivity contribution is 7.86. The minimum atomic E-state index is -5.84. The third kappa shape index (κ3) is 7.38. The molecular weight excluding hydrogens is 333 g/mol. The molecule has 0 atom stereocenters. The van der Waals surface area contributed by atoms with Crippen LogP contribution in [-0.2, 0) is 16.5 Å². The SMILES string of the molecule is CN1C=CN(CCCc2ccccc2)C1.O=S(=O)(O)C(F)(F)F. The van der Waals surface area contributed by atoms with Gasteiger partial charge in [-0.1, -0.05) is 30.3 Å². The van der Waals surface area contributed by atoms with Crippen LogP contribution in [0.2, 0.25) is 0 Å². The van der Waals surface area contributed by atoms with Crippen LogP contribution in [0.3, 0.4) is 0 Å². The van der Waals surface area contributed by atoms with Gasteiger partial charge in [0.15, 0.2) is 0 Å². The van der Waals surface area contributed by atoms with Crippen molar-refractivity contribution in [2.24, 2.45) is 0 Å². The summed E-state index contributed by atoms with van der Waals surface area (Å²) in [6.07, 6.45) is 6.70. The summed E-state index contributed by atoms with van der Waals surface area (Å²) < 4.78 is 57.5. The number of hydrogen-bond acceptors (Lipinski definition) is 4. The standard InChI is InChI=1S/C13H18N2.CHF3O3S/c1-14-10-11-15(12-14)9-5-8-13-6-3-2-4-7-13;2-1(3,4)8(5,6)7/h2-4,6-7,10-11H,5,8-9,12H2,1H3;(H,5,6,7). The van der Waals surface area contributed by atoms with Crippen molar-refractivity contribution in [1.82, 2.24) is 9.80 Å². The maximum absolute atomic E-state index is 10.7. The zero-order valence-corrected chi connectivity index (χ0v) is 13.4. The molecule has 0 saturated carbocycles. The van der Waals surface area contributed by atoms with Crippen LogP contribution < -0.4 is 0 Å². The fraction of sp³-hybridized carbons (Fsp3) is 0.429. The molecule has 0 radical (unpaired) electrons. The van der Waals surface area contributed by atoms with Crippen LogP contribution in [0.15, 0.2) is 42.7 Å². The van der Waals surface area contributed by atoms with Gasteiger partial charge < -0.3 is 9.80 Å². The molecule has 1 N–H and O–H groups in total. The first kappa shape index (κ1) is 19.3. The molecule has 1 aliphatic rings. The van der Waals surface area contributed by atoms with Gasteiger partial charge in [-0.3, -0.25) is 4.55 Å². The second-order valence-corrected chi connectivity index (χ2v) is 6.43. The van der Waals surface area contributed by atoms with E-state index in [9.17, 15) is 13.2 Å². The van der Waals surface area contributed by atoms with Crippen LogP contribution in [-0.4, -0.2) is 48.5 Å². The summed E-state index contributed by atoms with van der Waals surface area (Å²) >= 11 is 0. The normalized spacial score (nSPS) is 14.7. The van der Waals surface area contributed by atoms with Gasteiger partial charge in [-0.15, -0.1) is 0 Å². The van der Waals surface area contributed by atoms with Crippen molar-refractivity contribution in [1.29, 1.82) is 0 Å². The number of halogens is 3. The smallest absolute Gasteiger partial charge is 0.362 e. The minimum Gasteiger partial charge on any atom is -0.362 e. The van der Waals surface area contributed by atoms with Crippen LogP contribution in [0.25, 0.3) is 0 Å². The van der Waals surface area contributed by atoms with Crippen molar-refractivity contribution in [2.75, 3.05) is 20.3 Å².